The molecule has 0 atom stereocenters. The molecule has 8 heteroatoms. The molecule has 2 aromatic heterocycles. The number of aromatic hydroxyl groups is 1. The summed E-state index contributed by atoms with van der Waals surface area (Å²) in [6.07, 6.45) is 3.22. The number of hydrogen-bond donors (Lipinski definition) is 3. The second-order valence-electron chi connectivity index (χ2n) is 4.89. The highest BCUT2D eigenvalue weighted by Gasteiger charge is 2.12. The fraction of sp³-hybridized carbons (Fsp3) is 0.133. The first-order valence-electron chi connectivity index (χ1n) is 6.83. The van der Waals surface area contributed by atoms with Gasteiger partial charge in [-0.3, -0.25) is 0 Å². The van der Waals surface area contributed by atoms with Crippen LogP contribution in [-0.4, -0.2) is 37.3 Å². The van der Waals surface area contributed by atoms with Crippen LogP contribution in [0.15, 0.2) is 36.7 Å². The molecule has 0 bridgehead atoms. The lowest BCUT2D eigenvalue weighted by atomic mass is 10.1. The van der Waals surface area contributed by atoms with Crippen LogP contribution in [0.3, 0.4) is 0 Å². The number of carboxylic acid groups (broad SMARTS) is 1. The van der Waals surface area contributed by atoms with Gasteiger partial charge in [0.2, 0.25) is 0 Å². The number of phenols is 1. The fourth-order valence-electron chi connectivity index (χ4n) is 2.20. The summed E-state index contributed by atoms with van der Waals surface area (Å²) in [6.45, 7) is 0.400. The lowest BCUT2D eigenvalue weighted by Crippen LogP contribution is -2.08. The van der Waals surface area contributed by atoms with Gasteiger partial charge in [-0.05, 0) is 36.2 Å². The molecule has 3 N–H and O–H groups in total. The molecule has 0 radical (unpaired) electrons. The van der Waals surface area contributed by atoms with Crippen LogP contribution >= 0.6 is 0 Å². The van der Waals surface area contributed by atoms with E-state index in [0.29, 0.717) is 24.3 Å². The van der Waals surface area contributed by atoms with Gasteiger partial charge >= 0.3 is 5.97 Å². The van der Waals surface area contributed by atoms with E-state index in [9.17, 15) is 14.3 Å². The van der Waals surface area contributed by atoms with E-state index < -0.39 is 11.8 Å². The predicted molar refractivity (Wildman–Crippen MR) is 80.2 cm³/mol. The molecular formula is C15H13FN4O3. The Bertz CT molecular complexity index is 878. The molecule has 23 heavy (non-hydrogen) atoms. The van der Waals surface area contributed by atoms with Crippen LogP contribution in [0.2, 0.25) is 0 Å². The first kappa shape index (κ1) is 14.8. The highest BCUT2D eigenvalue weighted by atomic mass is 19.1. The minimum atomic E-state index is -1.10. The van der Waals surface area contributed by atoms with Gasteiger partial charge in [-0.25, -0.2) is 18.7 Å². The summed E-state index contributed by atoms with van der Waals surface area (Å²) in [6, 6.07) is 5.42. The van der Waals surface area contributed by atoms with Crippen molar-refractivity contribution in [2.45, 2.75) is 6.42 Å². The van der Waals surface area contributed by atoms with Crippen molar-refractivity contribution in [1.29, 1.82) is 0 Å². The van der Waals surface area contributed by atoms with Crippen LogP contribution in [0.5, 0.6) is 5.75 Å². The lowest BCUT2D eigenvalue weighted by Gasteiger charge is -2.07. The zero-order valence-electron chi connectivity index (χ0n) is 11.9. The molecular weight excluding hydrogens is 303 g/mol. The monoisotopic (exact) mass is 316 g/mol. The van der Waals surface area contributed by atoms with Crippen molar-refractivity contribution in [1.82, 2.24) is 14.6 Å². The van der Waals surface area contributed by atoms with Crippen molar-refractivity contribution in [3.8, 4) is 5.75 Å². The number of carboxylic acids is 1. The zero-order valence-corrected chi connectivity index (χ0v) is 11.9. The second kappa shape index (κ2) is 5.91. The van der Waals surface area contributed by atoms with Crippen LogP contribution in [0.25, 0.3) is 5.65 Å². The van der Waals surface area contributed by atoms with Crippen LogP contribution in [0, 0.1) is 5.82 Å². The number of halogens is 1. The van der Waals surface area contributed by atoms with E-state index in [2.05, 4.69) is 15.4 Å². The SMILES string of the molecule is O=C(O)c1cnn2ccc(NCCc3cc(F)ccc3O)nc12. The number of hydrogen-bond acceptors (Lipinski definition) is 5. The number of rotatable bonds is 5. The number of carbonyl (C=O) groups is 1. The van der Waals surface area contributed by atoms with Gasteiger partial charge in [0.15, 0.2) is 5.65 Å². The maximum Gasteiger partial charge on any atom is 0.341 e. The fourth-order valence-corrected chi connectivity index (χ4v) is 2.20. The molecule has 0 saturated heterocycles. The smallest absolute Gasteiger partial charge is 0.341 e. The van der Waals surface area contributed by atoms with E-state index >= 15 is 0 Å². The van der Waals surface area contributed by atoms with E-state index in [0.717, 1.165) is 0 Å². The molecule has 0 aliphatic heterocycles. The molecule has 7 nitrogen and oxygen atoms in total. The Morgan fingerprint density at radius 1 is 1.35 bits per heavy atom. The van der Waals surface area contributed by atoms with Gasteiger partial charge in [-0.2, -0.15) is 5.10 Å². The van der Waals surface area contributed by atoms with Crippen LogP contribution in [0.1, 0.15) is 15.9 Å². The van der Waals surface area contributed by atoms with Crippen LogP contribution in [0.4, 0.5) is 10.2 Å². The van der Waals surface area contributed by atoms with Crippen LogP contribution < -0.4 is 5.32 Å². The lowest BCUT2D eigenvalue weighted by molar-refractivity contribution is 0.0698. The third-order valence-corrected chi connectivity index (χ3v) is 3.34. The highest BCUT2D eigenvalue weighted by molar-refractivity contribution is 5.94. The van der Waals surface area contributed by atoms with Crippen molar-refractivity contribution < 1.29 is 19.4 Å². The Morgan fingerprint density at radius 3 is 2.96 bits per heavy atom. The summed E-state index contributed by atoms with van der Waals surface area (Å²) in [5, 5.41) is 25.6. The van der Waals surface area contributed by atoms with Gasteiger partial charge in [0.05, 0.1) is 6.20 Å². The Labute approximate surface area is 130 Å². The Hall–Kier alpha value is -3.16. The molecule has 0 aliphatic carbocycles. The Kier molecular flexibility index (Phi) is 3.80. The maximum atomic E-state index is 13.1. The summed E-state index contributed by atoms with van der Waals surface area (Å²) in [5.74, 6) is -1.02. The molecule has 2 heterocycles. The largest absolute Gasteiger partial charge is 0.508 e. The summed E-state index contributed by atoms with van der Waals surface area (Å²) < 4.78 is 14.5. The van der Waals surface area contributed by atoms with E-state index in [1.807, 2.05) is 0 Å². The van der Waals surface area contributed by atoms with Crippen molar-refractivity contribution in [3.05, 3.63) is 53.6 Å². The van der Waals surface area contributed by atoms with Crippen LogP contribution in [-0.2, 0) is 6.42 Å². The molecule has 0 amide bonds. The molecule has 0 unspecified atom stereocenters. The van der Waals surface area contributed by atoms with Crippen molar-refractivity contribution in [3.63, 3.8) is 0 Å². The average Bonchev–Trinajstić information content (AvgIpc) is 2.94. The van der Waals surface area contributed by atoms with Crippen molar-refractivity contribution in [2.24, 2.45) is 0 Å². The standard InChI is InChI=1S/C15H13FN4O3/c16-10-1-2-12(21)9(7-10)3-5-17-13-4-6-20-14(19-13)11(8-18-20)15(22)23/h1-2,4,6-8,21H,3,5H2,(H,17,19)(H,22,23). The van der Waals surface area contributed by atoms with Gasteiger partial charge in [0.1, 0.15) is 22.9 Å². The van der Waals surface area contributed by atoms with Gasteiger partial charge in [-0.15, -0.1) is 0 Å². The summed E-state index contributed by atoms with van der Waals surface area (Å²) in [7, 11) is 0. The summed E-state index contributed by atoms with van der Waals surface area (Å²) >= 11 is 0. The second-order valence-corrected chi connectivity index (χ2v) is 4.89. The van der Waals surface area contributed by atoms with Crippen molar-refractivity contribution >= 4 is 17.4 Å². The normalized spacial score (nSPS) is 10.8. The number of aromatic nitrogens is 3. The topological polar surface area (TPSA) is 99.8 Å². The molecule has 3 rings (SSSR count). The molecule has 0 spiro atoms. The Morgan fingerprint density at radius 2 is 2.17 bits per heavy atom. The highest BCUT2D eigenvalue weighted by Crippen LogP contribution is 2.18. The van der Waals surface area contributed by atoms with Gasteiger partial charge < -0.3 is 15.5 Å². The quantitative estimate of drug-likeness (QED) is 0.665. The van der Waals surface area contributed by atoms with Gasteiger partial charge in [0, 0.05) is 12.7 Å². The number of nitrogens with one attached hydrogen (secondary N) is 1. The molecule has 0 saturated carbocycles. The minimum absolute atomic E-state index is 0.0106. The maximum absolute atomic E-state index is 13.1. The molecule has 0 aliphatic rings. The third-order valence-electron chi connectivity index (χ3n) is 3.34. The molecule has 118 valence electrons. The number of benzene rings is 1. The van der Waals surface area contributed by atoms with E-state index in [1.54, 1.807) is 12.3 Å². The summed E-state index contributed by atoms with van der Waals surface area (Å²) in [4.78, 5) is 15.3. The van der Waals surface area contributed by atoms with Crippen molar-refractivity contribution in [2.75, 3.05) is 11.9 Å². The minimum Gasteiger partial charge on any atom is -0.508 e. The van der Waals surface area contributed by atoms with E-state index in [4.69, 9.17) is 5.11 Å². The molecule has 1 aromatic carbocycles. The molecule has 3 aromatic rings. The predicted octanol–water partition coefficient (Wildman–Crippen LogP) is 1.93. The van der Waals surface area contributed by atoms with E-state index in [1.165, 1.54) is 28.9 Å². The number of anilines is 1. The number of aromatic carboxylic acids is 1. The number of fused-ring (bicyclic) bond motifs is 1. The van der Waals surface area contributed by atoms with Gasteiger partial charge in [-0.1, -0.05) is 0 Å². The average molecular weight is 316 g/mol. The van der Waals surface area contributed by atoms with Gasteiger partial charge in [0.25, 0.3) is 0 Å². The first-order chi connectivity index (χ1) is 11.0. The number of phenolic OH excluding ortho intramolecular Hbond substituents is 1. The zero-order chi connectivity index (χ0) is 16.4. The summed E-state index contributed by atoms with van der Waals surface area (Å²) in [5.41, 5.74) is 0.724. The number of nitrogens with zero attached hydrogens (tertiary/aromatic N) is 3. The Balaban J connectivity index is 1.73. The third kappa shape index (κ3) is 3.05. The van der Waals surface area contributed by atoms with E-state index in [-0.39, 0.29) is 17.0 Å². The first-order valence-corrected chi connectivity index (χ1v) is 6.83. The molecule has 0 fully saturated rings.